The predicted molar refractivity (Wildman–Crippen MR) is 80.5 cm³/mol. The molecule has 0 aliphatic heterocycles. The van der Waals surface area contributed by atoms with Crippen LogP contribution in [-0.2, 0) is 16.6 Å². The van der Waals surface area contributed by atoms with Gasteiger partial charge in [0.25, 0.3) is 10.0 Å². The summed E-state index contributed by atoms with van der Waals surface area (Å²) >= 11 is 0. The van der Waals surface area contributed by atoms with Gasteiger partial charge in [0.2, 0.25) is 0 Å². The Kier molecular flexibility index (Phi) is 3.69. The van der Waals surface area contributed by atoms with Crippen LogP contribution in [0.5, 0.6) is 0 Å². The summed E-state index contributed by atoms with van der Waals surface area (Å²) in [5.74, 6) is 0.326. The first kappa shape index (κ1) is 14.1. The lowest BCUT2D eigenvalue weighted by Gasteiger charge is -2.06. The third-order valence-corrected chi connectivity index (χ3v) is 4.74. The number of sulfonamides is 1. The van der Waals surface area contributed by atoms with Crippen LogP contribution in [0.1, 0.15) is 24.6 Å². The quantitative estimate of drug-likeness (QED) is 0.852. The molecule has 1 aliphatic rings. The molecule has 21 heavy (non-hydrogen) atoms. The summed E-state index contributed by atoms with van der Waals surface area (Å²) in [4.78, 5) is 4.28. The molecule has 2 aromatic heterocycles. The van der Waals surface area contributed by atoms with Crippen molar-refractivity contribution in [2.24, 2.45) is 0 Å². The molecule has 2 N–H and O–H groups in total. The molecule has 1 saturated carbocycles. The Morgan fingerprint density at radius 1 is 1.38 bits per heavy atom. The van der Waals surface area contributed by atoms with Crippen LogP contribution in [0.3, 0.4) is 0 Å². The highest BCUT2D eigenvalue weighted by atomic mass is 32.2. The van der Waals surface area contributed by atoms with Gasteiger partial charge in [-0.1, -0.05) is 6.07 Å². The van der Waals surface area contributed by atoms with Gasteiger partial charge in [-0.15, -0.1) is 0 Å². The highest BCUT2D eigenvalue weighted by Gasteiger charge is 2.28. The van der Waals surface area contributed by atoms with Gasteiger partial charge in [-0.3, -0.25) is 4.72 Å². The van der Waals surface area contributed by atoms with Crippen molar-refractivity contribution >= 4 is 15.8 Å². The van der Waals surface area contributed by atoms with E-state index < -0.39 is 10.0 Å². The number of anilines is 1. The van der Waals surface area contributed by atoms with E-state index in [1.165, 1.54) is 0 Å². The van der Waals surface area contributed by atoms with E-state index in [-0.39, 0.29) is 4.90 Å². The molecule has 0 amide bonds. The standard InChI is InChI=1S/C14H18N4O2S/c1-15-9-12-8-13(10-18(12)11-5-6-11)21(19,20)17-14-4-2-3-7-16-14/h2-4,7-8,10-11,15H,5-6,9H2,1H3,(H,16,17). The minimum Gasteiger partial charge on any atom is -0.346 e. The Morgan fingerprint density at radius 3 is 2.81 bits per heavy atom. The van der Waals surface area contributed by atoms with E-state index in [4.69, 9.17) is 0 Å². The molecule has 0 radical (unpaired) electrons. The highest BCUT2D eigenvalue weighted by Crippen LogP contribution is 2.37. The Labute approximate surface area is 124 Å². The Morgan fingerprint density at radius 2 is 2.19 bits per heavy atom. The lowest BCUT2D eigenvalue weighted by molar-refractivity contribution is 0.600. The second-order valence-corrected chi connectivity index (χ2v) is 6.84. The van der Waals surface area contributed by atoms with Gasteiger partial charge >= 0.3 is 0 Å². The number of aromatic nitrogens is 2. The van der Waals surface area contributed by atoms with Gasteiger partial charge in [0.1, 0.15) is 10.7 Å². The van der Waals surface area contributed by atoms with Crippen molar-refractivity contribution in [2.75, 3.05) is 11.8 Å². The molecule has 0 bridgehead atoms. The molecule has 1 aliphatic carbocycles. The van der Waals surface area contributed by atoms with Crippen molar-refractivity contribution in [1.82, 2.24) is 14.9 Å². The van der Waals surface area contributed by atoms with Crippen molar-refractivity contribution in [2.45, 2.75) is 30.3 Å². The van der Waals surface area contributed by atoms with Crippen LogP contribution in [-0.4, -0.2) is 25.0 Å². The largest absolute Gasteiger partial charge is 0.346 e. The molecular formula is C14H18N4O2S. The number of hydrogen-bond donors (Lipinski definition) is 2. The maximum atomic E-state index is 12.4. The third-order valence-electron chi connectivity index (χ3n) is 3.42. The van der Waals surface area contributed by atoms with Crippen molar-refractivity contribution < 1.29 is 8.42 Å². The molecule has 0 unspecified atom stereocenters. The third kappa shape index (κ3) is 3.08. The van der Waals surface area contributed by atoms with Crippen LogP contribution in [0.4, 0.5) is 5.82 Å². The first-order valence-electron chi connectivity index (χ1n) is 6.89. The van der Waals surface area contributed by atoms with Crippen molar-refractivity contribution in [3.63, 3.8) is 0 Å². The van der Waals surface area contributed by atoms with E-state index in [0.29, 0.717) is 18.4 Å². The fraction of sp³-hybridized carbons (Fsp3) is 0.357. The summed E-state index contributed by atoms with van der Waals surface area (Å²) < 4.78 is 29.4. The van der Waals surface area contributed by atoms with Crippen molar-refractivity contribution in [3.8, 4) is 0 Å². The molecule has 0 aromatic carbocycles. The Bertz CT molecular complexity index is 721. The summed E-state index contributed by atoms with van der Waals surface area (Å²) in [7, 11) is -1.75. The van der Waals surface area contributed by atoms with Crippen LogP contribution in [0, 0.1) is 0 Å². The number of nitrogens with one attached hydrogen (secondary N) is 2. The highest BCUT2D eigenvalue weighted by molar-refractivity contribution is 7.92. The molecule has 3 rings (SSSR count). The number of pyridine rings is 1. The summed E-state index contributed by atoms with van der Waals surface area (Å²) in [6.45, 7) is 0.648. The van der Waals surface area contributed by atoms with Gasteiger partial charge in [-0.25, -0.2) is 13.4 Å². The molecule has 6 nitrogen and oxygen atoms in total. The Hall–Kier alpha value is -1.86. The van der Waals surface area contributed by atoms with Crippen molar-refractivity contribution in [1.29, 1.82) is 0 Å². The number of nitrogens with zero attached hydrogens (tertiary/aromatic N) is 2. The molecule has 112 valence electrons. The first-order chi connectivity index (χ1) is 10.1. The molecule has 0 spiro atoms. The van der Waals surface area contributed by atoms with E-state index in [1.54, 1.807) is 36.7 Å². The second-order valence-electron chi connectivity index (χ2n) is 5.16. The maximum absolute atomic E-state index is 12.4. The average Bonchev–Trinajstić information content (AvgIpc) is 3.21. The maximum Gasteiger partial charge on any atom is 0.264 e. The zero-order chi connectivity index (χ0) is 14.9. The van der Waals surface area contributed by atoms with E-state index in [0.717, 1.165) is 18.5 Å². The van der Waals surface area contributed by atoms with Crippen LogP contribution < -0.4 is 10.0 Å². The molecule has 7 heteroatoms. The van der Waals surface area contributed by atoms with Crippen LogP contribution in [0.25, 0.3) is 0 Å². The monoisotopic (exact) mass is 306 g/mol. The van der Waals surface area contributed by atoms with Gasteiger partial charge in [0, 0.05) is 30.7 Å². The van der Waals surface area contributed by atoms with E-state index in [9.17, 15) is 8.42 Å². The molecule has 2 heterocycles. The smallest absolute Gasteiger partial charge is 0.264 e. The van der Waals surface area contributed by atoms with Crippen LogP contribution in [0.2, 0.25) is 0 Å². The summed E-state index contributed by atoms with van der Waals surface area (Å²) in [6.07, 6.45) is 5.49. The minimum absolute atomic E-state index is 0.283. The predicted octanol–water partition coefficient (Wildman–Crippen LogP) is 1.74. The first-order valence-corrected chi connectivity index (χ1v) is 8.37. The fourth-order valence-corrected chi connectivity index (χ4v) is 3.34. The van der Waals surface area contributed by atoms with Gasteiger partial charge < -0.3 is 9.88 Å². The molecule has 0 saturated heterocycles. The summed E-state index contributed by atoms with van der Waals surface area (Å²) in [6, 6.07) is 7.27. The lowest BCUT2D eigenvalue weighted by Crippen LogP contribution is -2.13. The lowest BCUT2D eigenvalue weighted by atomic mass is 10.4. The Balaban J connectivity index is 1.90. The van der Waals surface area contributed by atoms with Crippen LogP contribution >= 0.6 is 0 Å². The minimum atomic E-state index is -3.60. The van der Waals surface area contributed by atoms with Crippen LogP contribution in [0.15, 0.2) is 41.6 Å². The van der Waals surface area contributed by atoms with Gasteiger partial charge in [0.05, 0.1) is 0 Å². The normalized spacial score (nSPS) is 15.1. The summed E-state index contributed by atoms with van der Waals surface area (Å²) in [5.41, 5.74) is 0.987. The fourth-order valence-electron chi connectivity index (χ4n) is 2.28. The van der Waals surface area contributed by atoms with E-state index in [2.05, 4.69) is 19.6 Å². The average molecular weight is 306 g/mol. The molecule has 0 atom stereocenters. The van der Waals surface area contributed by atoms with E-state index in [1.807, 2.05) is 7.05 Å². The van der Waals surface area contributed by atoms with Gasteiger partial charge in [-0.05, 0) is 38.1 Å². The van der Waals surface area contributed by atoms with Gasteiger partial charge in [0.15, 0.2) is 0 Å². The molecular weight excluding hydrogens is 288 g/mol. The molecule has 1 fully saturated rings. The zero-order valence-electron chi connectivity index (χ0n) is 11.8. The zero-order valence-corrected chi connectivity index (χ0v) is 12.6. The van der Waals surface area contributed by atoms with E-state index >= 15 is 0 Å². The molecule has 2 aromatic rings. The number of rotatable bonds is 6. The van der Waals surface area contributed by atoms with Gasteiger partial charge in [-0.2, -0.15) is 0 Å². The number of hydrogen-bond acceptors (Lipinski definition) is 4. The topological polar surface area (TPSA) is 76.0 Å². The SMILES string of the molecule is CNCc1cc(S(=O)(=O)Nc2ccccn2)cn1C1CC1. The summed E-state index contributed by atoms with van der Waals surface area (Å²) in [5, 5.41) is 3.07. The second kappa shape index (κ2) is 5.50. The van der Waals surface area contributed by atoms with Crippen molar-refractivity contribution in [3.05, 3.63) is 42.4 Å².